The summed E-state index contributed by atoms with van der Waals surface area (Å²) >= 11 is 7.08. The van der Waals surface area contributed by atoms with Gasteiger partial charge in [-0.3, -0.25) is 0 Å². The van der Waals surface area contributed by atoms with Gasteiger partial charge in [0.05, 0.1) is 17.0 Å². The number of rotatable bonds is 5. The van der Waals surface area contributed by atoms with E-state index in [1.54, 1.807) is 6.07 Å². The van der Waals surface area contributed by atoms with Gasteiger partial charge in [0.25, 0.3) is 0 Å². The molecule has 1 aromatic rings. The Bertz CT molecular complexity index is 315. The first-order valence-corrected chi connectivity index (χ1v) is 5.09. The molecule has 0 fully saturated rings. The lowest BCUT2D eigenvalue weighted by atomic mass is 10.3. The van der Waals surface area contributed by atoms with E-state index in [1.165, 1.54) is 11.3 Å². The van der Waals surface area contributed by atoms with Crippen LogP contribution in [-0.2, 0) is 9.53 Å². The highest BCUT2D eigenvalue weighted by molar-refractivity contribution is 7.16. The van der Waals surface area contributed by atoms with Gasteiger partial charge in [-0.25, -0.2) is 4.79 Å². The van der Waals surface area contributed by atoms with Crippen LogP contribution < -0.4 is 5.73 Å². The molecule has 0 bridgehead atoms. The minimum absolute atomic E-state index is 0.184. The summed E-state index contributed by atoms with van der Waals surface area (Å²) in [5.74, 6) is -0.999. The van der Waals surface area contributed by atoms with Gasteiger partial charge >= 0.3 is 5.97 Å². The van der Waals surface area contributed by atoms with Gasteiger partial charge in [-0.15, -0.1) is 11.3 Å². The fourth-order valence-corrected chi connectivity index (χ4v) is 1.93. The van der Waals surface area contributed by atoms with Crippen LogP contribution in [0.3, 0.4) is 0 Å². The van der Waals surface area contributed by atoms with E-state index in [-0.39, 0.29) is 19.3 Å². The molecule has 0 amide bonds. The first-order valence-electron chi connectivity index (χ1n) is 3.90. The zero-order valence-electron chi connectivity index (χ0n) is 7.27. The molecule has 0 spiro atoms. The van der Waals surface area contributed by atoms with Crippen molar-refractivity contribution in [2.75, 3.05) is 13.2 Å². The lowest BCUT2D eigenvalue weighted by Crippen LogP contribution is -2.18. The fraction of sp³-hybridized carbons (Fsp3) is 0.375. The van der Waals surface area contributed by atoms with Gasteiger partial charge in [0.15, 0.2) is 0 Å². The van der Waals surface area contributed by atoms with Crippen LogP contribution in [0.5, 0.6) is 0 Å². The molecule has 0 radical (unpaired) electrons. The smallest absolute Gasteiger partial charge is 0.329 e. The van der Waals surface area contributed by atoms with Gasteiger partial charge in [0.2, 0.25) is 0 Å². The molecule has 0 aliphatic rings. The maximum absolute atomic E-state index is 10.1. The minimum Gasteiger partial charge on any atom is -0.480 e. The molecule has 0 aromatic carbocycles. The molecule has 6 heteroatoms. The highest BCUT2D eigenvalue weighted by Gasteiger charge is 2.09. The Morgan fingerprint density at radius 2 is 2.43 bits per heavy atom. The van der Waals surface area contributed by atoms with Crippen molar-refractivity contribution in [2.45, 2.75) is 6.04 Å². The maximum atomic E-state index is 10.1. The number of hydrogen-bond acceptors (Lipinski definition) is 4. The Labute approximate surface area is 90.2 Å². The Morgan fingerprint density at radius 1 is 1.71 bits per heavy atom. The predicted octanol–water partition coefficient (Wildman–Crippen LogP) is 1.50. The van der Waals surface area contributed by atoms with Crippen LogP contribution in [0, 0.1) is 0 Å². The molecule has 0 aliphatic carbocycles. The Morgan fingerprint density at radius 3 is 2.93 bits per heavy atom. The molecular weight excluding hydrogens is 226 g/mol. The molecule has 1 aromatic heterocycles. The summed E-state index contributed by atoms with van der Waals surface area (Å²) in [5.41, 5.74) is 5.73. The summed E-state index contributed by atoms with van der Waals surface area (Å²) < 4.78 is 5.52. The van der Waals surface area contributed by atoms with E-state index in [2.05, 4.69) is 0 Å². The summed E-state index contributed by atoms with van der Waals surface area (Å²) in [7, 11) is 0. The second-order valence-electron chi connectivity index (χ2n) is 2.66. The van der Waals surface area contributed by atoms with E-state index in [4.69, 9.17) is 27.2 Å². The molecule has 0 aliphatic heterocycles. The van der Waals surface area contributed by atoms with E-state index in [9.17, 15) is 4.79 Å². The van der Waals surface area contributed by atoms with Crippen molar-refractivity contribution in [3.05, 3.63) is 21.3 Å². The van der Waals surface area contributed by atoms with Gasteiger partial charge in [-0.1, -0.05) is 11.6 Å². The summed E-state index contributed by atoms with van der Waals surface area (Å²) in [5, 5.41) is 8.32. The summed E-state index contributed by atoms with van der Waals surface area (Å²) in [6.45, 7) is -0.143. The third kappa shape index (κ3) is 3.63. The van der Waals surface area contributed by atoms with Crippen molar-refractivity contribution < 1.29 is 14.6 Å². The topological polar surface area (TPSA) is 72.5 Å². The van der Waals surface area contributed by atoms with E-state index >= 15 is 0 Å². The largest absolute Gasteiger partial charge is 0.480 e. The Hall–Kier alpha value is -0.620. The van der Waals surface area contributed by atoms with E-state index < -0.39 is 5.97 Å². The van der Waals surface area contributed by atoms with Crippen molar-refractivity contribution in [3.8, 4) is 0 Å². The molecule has 4 nitrogen and oxygen atoms in total. The van der Waals surface area contributed by atoms with Gasteiger partial charge in [-0.2, -0.15) is 0 Å². The molecule has 1 atom stereocenters. The lowest BCUT2D eigenvalue weighted by Gasteiger charge is -2.08. The average molecular weight is 236 g/mol. The molecular formula is C8H10ClNO3S. The molecule has 0 saturated carbocycles. The molecule has 1 unspecified atom stereocenters. The Kier molecular flexibility index (Phi) is 4.34. The van der Waals surface area contributed by atoms with Crippen LogP contribution in [0.25, 0.3) is 0 Å². The van der Waals surface area contributed by atoms with Crippen LogP contribution in [-0.4, -0.2) is 24.3 Å². The van der Waals surface area contributed by atoms with E-state index in [0.717, 1.165) is 4.88 Å². The molecule has 78 valence electrons. The van der Waals surface area contributed by atoms with Crippen molar-refractivity contribution in [1.82, 2.24) is 0 Å². The zero-order valence-corrected chi connectivity index (χ0v) is 8.85. The number of nitrogens with two attached hydrogens (primary N) is 1. The van der Waals surface area contributed by atoms with E-state index in [0.29, 0.717) is 4.34 Å². The number of hydrogen-bond donors (Lipinski definition) is 2. The Balaban J connectivity index is 2.35. The third-order valence-electron chi connectivity index (χ3n) is 1.48. The standard InChI is InChI=1S/C8H10ClNO3S/c9-7-2-1-6(14-7)5(10)3-13-4-8(11)12/h1-2,5H,3-4,10H2,(H,11,12). The van der Waals surface area contributed by atoms with Crippen molar-refractivity contribution in [3.63, 3.8) is 0 Å². The number of ether oxygens (including phenoxy) is 1. The number of thiophene rings is 1. The number of carboxylic acids is 1. The third-order valence-corrected chi connectivity index (χ3v) is 2.85. The summed E-state index contributed by atoms with van der Waals surface area (Å²) in [6.07, 6.45) is 0. The highest BCUT2D eigenvalue weighted by atomic mass is 35.5. The SMILES string of the molecule is NC(COCC(=O)O)c1ccc(Cl)s1. The molecule has 1 heterocycles. The van der Waals surface area contributed by atoms with Gasteiger partial charge in [-0.05, 0) is 12.1 Å². The number of carbonyl (C=O) groups is 1. The van der Waals surface area contributed by atoms with Crippen molar-refractivity contribution in [1.29, 1.82) is 0 Å². The first kappa shape index (κ1) is 11.5. The second-order valence-corrected chi connectivity index (χ2v) is 4.40. The number of aliphatic carboxylic acids is 1. The summed E-state index contributed by atoms with van der Waals surface area (Å²) in [6, 6.07) is 3.24. The lowest BCUT2D eigenvalue weighted by molar-refractivity contribution is -0.142. The number of halogens is 1. The first-order chi connectivity index (χ1) is 6.59. The fourth-order valence-electron chi connectivity index (χ4n) is 0.883. The van der Waals surface area contributed by atoms with Gasteiger partial charge in [0, 0.05) is 4.88 Å². The van der Waals surface area contributed by atoms with Gasteiger partial charge in [0.1, 0.15) is 6.61 Å². The second kappa shape index (κ2) is 5.31. The van der Waals surface area contributed by atoms with Crippen LogP contribution in [0.4, 0.5) is 0 Å². The van der Waals surface area contributed by atoms with Crippen molar-refractivity contribution in [2.24, 2.45) is 5.73 Å². The molecule has 14 heavy (non-hydrogen) atoms. The van der Waals surface area contributed by atoms with Crippen LogP contribution >= 0.6 is 22.9 Å². The predicted molar refractivity (Wildman–Crippen MR) is 54.7 cm³/mol. The van der Waals surface area contributed by atoms with Crippen molar-refractivity contribution >= 4 is 28.9 Å². The van der Waals surface area contributed by atoms with Crippen LogP contribution in [0.1, 0.15) is 10.9 Å². The van der Waals surface area contributed by atoms with E-state index in [1.807, 2.05) is 6.07 Å². The average Bonchev–Trinajstić information content (AvgIpc) is 2.51. The normalized spacial score (nSPS) is 12.7. The van der Waals surface area contributed by atoms with Crippen LogP contribution in [0.2, 0.25) is 4.34 Å². The molecule has 3 N–H and O–H groups in total. The minimum atomic E-state index is -0.999. The number of carboxylic acid groups (broad SMARTS) is 1. The maximum Gasteiger partial charge on any atom is 0.329 e. The zero-order chi connectivity index (χ0) is 10.6. The van der Waals surface area contributed by atoms with Crippen LogP contribution in [0.15, 0.2) is 12.1 Å². The summed E-state index contributed by atoms with van der Waals surface area (Å²) in [4.78, 5) is 11.0. The molecule has 0 saturated heterocycles. The highest BCUT2D eigenvalue weighted by Crippen LogP contribution is 2.25. The monoisotopic (exact) mass is 235 g/mol. The quantitative estimate of drug-likeness (QED) is 0.811. The molecule has 1 rings (SSSR count). The van der Waals surface area contributed by atoms with Gasteiger partial charge < -0.3 is 15.6 Å².